The average Bonchev–Trinajstić information content (AvgIpc) is 3.07. The van der Waals surface area contributed by atoms with Crippen molar-refractivity contribution >= 4 is 11.8 Å². The lowest BCUT2D eigenvalue weighted by Gasteiger charge is -2.31. The fraction of sp³-hybridized carbons (Fsp3) is 0.391. The number of ether oxygens (including phenoxy) is 1. The summed E-state index contributed by atoms with van der Waals surface area (Å²) in [5.74, 6) is -0.907. The molecular weight excluding hydrogens is 466 g/mol. The number of hydrogen-bond donors (Lipinski definition) is 2. The maximum absolute atomic E-state index is 13.2. The third-order valence-corrected chi connectivity index (χ3v) is 5.59. The number of alkyl halides is 6. The Morgan fingerprint density at radius 1 is 1.09 bits per heavy atom. The number of benzene rings is 2. The summed E-state index contributed by atoms with van der Waals surface area (Å²) in [4.78, 5) is 24.0. The van der Waals surface area contributed by atoms with Crippen molar-refractivity contribution in [2.45, 2.75) is 50.3 Å². The Balaban J connectivity index is 1.91. The Kier molecular flexibility index (Phi) is 6.97. The van der Waals surface area contributed by atoms with Crippen molar-refractivity contribution in [1.29, 1.82) is 0 Å². The Labute approximate surface area is 191 Å². The van der Waals surface area contributed by atoms with Crippen LogP contribution in [0.2, 0.25) is 0 Å². The Morgan fingerprint density at radius 2 is 1.65 bits per heavy atom. The first-order valence-corrected chi connectivity index (χ1v) is 10.3. The van der Waals surface area contributed by atoms with Gasteiger partial charge in [0.15, 0.2) is 0 Å². The molecule has 2 aromatic carbocycles. The number of carbonyl (C=O) groups is 2. The van der Waals surface area contributed by atoms with Gasteiger partial charge >= 0.3 is 12.4 Å². The molecule has 2 N–H and O–H groups in total. The highest BCUT2D eigenvalue weighted by Gasteiger charge is 2.46. The largest absolute Gasteiger partial charge is 0.416 e. The number of halogens is 6. The van der Waals surface area contributed by atoms with E-state index in [2.05, 4.69) is 10.6 Å². The first kappa shape index (κ1) is 25.5. The Hall–Kier alpha value is -3.08. The molecule has 5 nitrogen and oxygen atoms in total. The highest BCUT2D eigenvalue weighted by atomic mass is 19.4. The van der Waals surface area contributed by atoms with Crippen molar-refractivity contribution in [3.63, 3.8) is 0 Å². The topological polar surface area (TPSA) is 67.4 Å². The molecule has 184 valence electrons. The second-order valence-corrected chi connectivity index (χ2v) is 8.19. The number of nitrogens with one attached hydrogen (secondary N) is 2. The van der Waals surface area contributed by atoms with Crippen molar-refractivity contribution in [3.8, 4) is 0 Å². The van der Waals surface area contributed by atoms with Gasteiger partial charge in [0.2, 0.25) is 11.8 Å². The standard InChI is InChI=1S/C23H22F6N2O3/c1-13(15-8-17(22(24,25)26)10-18(9-15)23(27,28)29)34-12-21(16-6-4-3-5-7-16)11-19(20(33)31-21)30-14(2)32/h3-10,13,19H,11-12H2,1-2H3,(H,30,32)(H,31,33)/t13-,19-,21-/m1/s1. The molecule has 1 aliphatic rings. The van der Waals surface area contributed by atoms with Gasteiger partial charge < -0.3 is 15.4 Å². The molecule has 3 rings (SSSR count). The summed E-state index contributed by atoms with van der Waals surface area (Å²) in [6, 6.07) is 8.97. The van der Waals surface area contributed by atoms with Crippen molar-refractivity contribution < 1.29 is 40.7 Å². The zero-order chi connectivity index (χ0) is 25.3. The zero-order valence-electron chi connectivity index (χ0n) is 18.2. The van der Waals surface area contributed by atoms with Gasteiger partial charge in [-0.05, 0) is 36.2 Å². The molecule has 1 heterocycles. The molecule has 0 radical (unpaired) electrons. The Bertz CT molecular complexity index is 1020. The van der Waals surface area contributed by atoms with Gasteiger partial charge in [0, 0.05) is 13.3 Å². The fourth-order valence-electron chi connectivity index (χ4n) is 3.88. The lowest BCUT2D eigenvalue weighted by molar-refractivity contribution is -0.143. The monoisotopic (exact) mass is 488 g/mol. The van der Waals surface area contributed by atoms with E-state index in [-0.39, 0.29) is 24.7 Å². The smallest absolute Gasteiger partial charge is 0.371 e. The van der Waals surface area contributed by atoms with Gasteiger partial charge in [-0.25, -0.2) is 0 Å². The van der Waals surface area contributed by atoms with Crippen LogP contribution < -0.4 is 10.6 Å². The maximum atomic E-state index is 13.2. The van der Waals surface area contributed by atoms with Crippen LogP contribution >= 0.6 is 0 Å². The van der Waals surface area contributed by atoms with E-state index in [1.54, 1.807) is 30.3 Å². The van der Waals surface area contributed by atoms with Crippen molar-refractivity contribution in [3.05, 3.63) is 70.8 Å². The summed E-state index contributed by atoms with van der Waals surface area (Å²) < 4.78 is 85.0. The second-order valence-electron chi connectivity index (χ2n) is 8.19. The van der Waals surface area contributed by atoms with Gasteiger partial charge in [0.25, 0.3) is 0 Å². The second kappa shape index (κ2) is 9.28. The van der Waals surface area contributed by atoms with Gasteiger partial charge in [0.05, 0.1) is 29.4 Å². The van der Waals surface area contributed by atoms with E-state index in [0.717, 1.165) is 0 Å². The van der Waals surface area contributed by atoms with Gasteiger partial charge in [-0.2, -0.15) is 26.3 Å². The number of amides is 2. The third-order valence-electron chi connectivity index (χ3n) is 5.59. The molecule has 3 atom stereocenters. The summed E-state index contributed by atoms with van der Waals surface area (Å²) in [6.45, 7) is 2.33. The van der Waals surface area contributed by atoms with E-state index < -0.39 is 53.0 Å². The first-order valence-electron chi connectivity index (χ1n) is 10.3. The van der Waals surface area contributed by atoms with Crippen LogP contribution in [-0.4, -0.2) is 24.5 Å². The minimum atomic E-state index is -4.98. The lowest BCUT2D eigenvalue weighted by atomic mass is 9.88. The molecule has 1 fully saturated rings. The molecule has 0 aliphatic carbocycles. The Morgan fingerprint density at radius 3 is 2.15 bits per heavy atom. The zero-order valence-corrected chi connectivity index (χ0v) is 18.2. The highest BCUT2D eigenvalue weighted by Crippen LogP contribution is 2.39. The van der Waals surface area contributed by atoms with Crippen LogP contribution in [0.4, 0.5) is 26.3 Å². The van der Waals surface area contributed by atoms with E-state index in [9.17, 15) is 35.9 Å². The van der Waals surface area contributed by atoms with Gasteiger partial charge in [-0.15, -0.1) is 0 Å². The minimum absolute atomic E-state index is 0.0525. The summed E-state index contributed by atoms with van der Waals surface area (Å²) in [7, 11) is 0. The van der Waals surface area contributed by atoms with E-state index in [4.69, 9.17) is 4.74 Å². The predicted molar refractivity (Wildman–Crippen MR) is 109 cm³/mol. The fourth-order valence-corrected chi connectivity index (χ4v) is 3.88. The third kappa shape index (κ3) is 5.69. The number of rotatable bonds is 6. The van der Waals surface area contributed by atoms with Gasteiger partial charge in [-0.1, -0.05) is 30.3 Å². The average molecular weight is 488 g/mol. The van der Waals surface area contributed by atoms with Crippen LogP contribution in [0.5, 0.6) is 0 Å². The highest BCUT2D eigenvalue weighted by molar-refractivity contribution is 5.89. The molecule has 0 saturated carbocycles. The summed E-state index contributed by atoms with van der Waals surface area (Å²) in [5, 5.41) is 5.31. The van der Waals surface area contributed by atoms with E-state index in [0.29, 0.717) is 17.7 Å². The van der Waals surface area contributed by atoms with E-state index >= 15 is 0 Å². The molecule has 1 aliphatic heterocycles. The van der Waals surface area contributed by atoms with Crippen molar-refractivity contribution in [1.82, 2.24) is 10.6 Å². The van der Waals surface area contributed by atoms with Crippen LogP contribution in [0, 0.1) is 0 Å². The van der Waals surface area contributed by atoms with Crippen LogP contribution in [0.3, 0.4) is 0 Å². The van der Waals surface area contributed by atoms with Gasteiger partial charge in [0.1, 0.15) is 6.04 Å². The molecule has 0 bridgehead atoms. The SMILES string of the molecule is CC(=O)N[C@@H]1C[C@@](CO[C@H](C)c2cc(C(F)(F)F)cc(C(F)(F)F)c2)(c2ccccc2)NC1=O. The quantitative estimate of drug-likeness (QED) is 0.579. The molecule has 11 heteroatoms. The molecule has 34 heavy (non-hydrogen) atoms. The maximum Gasteiger partial charge on any atom is 0.416 e. The van der Waals surface area contributed by atoms with Crippen LogP contribution in [0.1, 0.15) is 48.6 Å². The lowest BCUT2D eigenvalue weighted by Crippen LogP contribution is -2.43. The minimum Gasteiger partial charge on any atom is -0.371 e. The van der Waals surface area contributed by atoms with Crippen LogP contribution in [0.25, 0.3) is 0 Å². The molecule has 2 amide bonds. The molecule has 2 aromatic rings. The molecule has 0 aromatic heterocycles. The summed E-state index contributed by atoms with van der Waals surface area (Å²) >= 11 is 0. The molecule has 0 unspecified atom stereocenters. The molecular formula is C23H22F6N2O3. The van der Waals surface area contributed by atoms with Crippen molar-refractivity contribution in [2.24, 2.45) is 0 Å². The summed E-state index contributed by atoms with van der Waals surface area (Å²) in [6.07, 6.45) is -11.0. The molecule has 1 saturated heterocycles. The first-order chi connectivity index (χ1) is 15.7. The predicted octanol–water partition coefficient (Wildman–Crippen LogP) is 4.72. The number of carbonyl (C=O) groups excluding carboxylic acids is 2. The summed E-state index contributed by atoms with van der Waals surface area (Å²) in [5.41, 5.74) is -3.72. The van der Waals surface area contributed by atoms with E-state index in [1.165, 1.54) is 13.8 Å². The number of hydrogen-bond acceptors (Lipinski definition) is 3. The van der Waals surface area contributed by atoms with E-state index in [1.807, 2.05) is 0 Å². The van der Waals surface area contributed by atoms with Crippen LogP contribution in [0.15, 0.2) is 48.5 Å². The molecule has 0 spiro atoms. The van der Waals surface area contributed by atoms with Crippen molar-refractivity contribution in [2.75, 3.05) is 6.61 Å². The normalized spacial score (nSPS) is 21.8. The van der Waals surface area contributed by atoms with Gasteiger partial charge in [-0.3, -0.25) is 9.59 Å². The van der Waals surface area contributed by atoms with Crippen LogP contribution in [-0.2, 0) is 32.2 Å².